The molecule has 0 aliphatic rings. The molecule has 0 unspecified atom stereocenters. The SMILES string of the molecule is COc1ccc(Cl)cc1C(=O)N[C@H](C)CN.Cl. The lowest BCUT2D eigenvalue weighted by atomic mass is 10.1. The van der Waals surface area contributed by atoms with Gasteiger partial charge < -0.3 is 15.8 Å². The number of carbonyl (C=O) groups excluding carboxylic acids is 1. The van der Waals surface area contributed by atoms with E-state index in [0.29, 0.717) is 22.9 Å². The minimum Gasteiger partial charge on any atom is -0.496 e. The van der Waals surface area contributed by atoms with Crippen molar-refractivity contribution in [2.75, 3.05) is 13.7 Å². The molecule has 0 fully saturated rings. The van der Waals surface area contributed by atoms with Crippen molar-refractivity contribution in [2.45, 2.75) is 13.0 Å². The van der Waals surface area contributed by atoms with Gasteiger partial charge in [0.2, 0.25) is 0 Å². The van der Waals surface area contributed by atoms with Crippen LogP contribution in [0.5, 0.6) is 5.75 Å². The zero-order valence-corrected chi connectivity index (χ0v) is 11.3. The molecule has 0 saturated carbocycles. The van der Waals surface area contributed by atoms with E-state index in [1.165, 1.54) is 7.11 Å². The maximum absolute atomic E-state index is 11.8. The third-order valence-corrected chi connectivity index (χ3v) is 2.37. The molecular formula is C11H16Cl2N2O2. The number of methoxy groups -OCH3 is 1. The van der Waals surface area contributed by atoms with Crippen molar-refractivity contribution in [3.8, 4) is 5.75 Å². The number of rotatable bonds is 4. The Bertz CT molecular complexity index is 386. The van der Waals surface area contributed by atoms with Gasteiger partial charge in [0.25, 0.3) is 5.91 Å². The fraction of sp³-hybridized carbons (Fsp3) is 0.364. The Hall–Kier alpha value is -0.970. The zero-order chi connectivity index (χ0) is 12.1. The molecule has 17 heavy (non-hydrogen) atoms. The van der Waals surface area contributed by atoms with Crippen LogP contribution in [0.25, 0.3) is 0 Å². The topological polar surface area (TPSA) is 64.3 Å². The third kappa shape index (κ3) is 4.42. The lowest BCUT2D eigenvalue weighted by Crippen LogP contribution is -2.37. The molecule has 0 spiro atoms. The van der Waals surface area contributed by atoms with Crippen molar-refractivity contribution in [2.24, 2.45) is 5.73 Å². The standard InChI is InChI=1S/C11H15ClN2O2.ClH/c1-7(6-13)14-11(15)9-5-8(12)3-4-10(9)16-2;/h3-5,7H,6,13H2,1-2H3,(H,14,15);1H/t7-;/m1./s1. The van der Waals surface area contributed by atoms with E-state index in [0.717, 1.165) is 0 Å². The molecule has 3 N–H and O–H groups in total. The van der Waals surface area contributed by atoms with Gasteiger partial charge in [-0.05, 0) is 25.1 Å². The maximum Gasteiger partial charge on any atom is 0.255 e. The monoisotopic (exact) mass is 278 g/mol. The van der Waals surface area contributed by atoms with Crippen LogP contribution in [-0.2, 0) is 0 Å². The Morgan fingerprint density at radius 1 is 1.59 bits per heavy atom. The first-order chi connectivity index (χ1) is 7.58. The first-order valence-corrected chi connectivity index (χ1v) is 5.30. The molecular weight excluding hydrogens is 263 g/mol. The number of benzene rings is 1. The van der Waals surface area contributed by atoms with E-state index in [2.05, 4.69) is 5.32 Å². The molecule has 1 aromatic rings. The number of hydrogen-bond acceptors (Lipinski definition) is 3. The van der Waals surface area contributed by atoms with Gasteiger partial charge in [-0.15, -0.1) is 12.4 Å². The van der Waals surface area contributed by atoms with Gasteiger partial charge in [-0.25, -0.2) is 0 Å². The van der Waals surface area contributed by atoms with Gasteiger partial charge in [0.15, 0.2) is 0 Å². The summed E-state index contributed by atoms with van der Waals surface area (Å²) in [6.45, 7) is 2.21. The van der Waals surface area contributed by atoms with Crippen molar-refractivity contribution in [1.82, 2.24) is 5.32 Å². The third-order valence-electron chi connectivity index (χ3n) is 2.14. The quantitative estimate of drug-likeness (QED) is 0.884. The van der Waals surface area contributed by atoms with Crippen LogP contribution in [0.15, 0.2) is 18.2 Å². The Morgan fingerprint density at radius 3 is 2.76 bits per heavy atom. The summed E-state index contributed by atoms with van der Waals surface area (Å²) in [6.07, 6.45) is 0. The highest BCUT2D eigenvalue weighted by atomic mass is 35.5. The second-order valence-electron chi connectivity index (χ2n) is 3.45. The number of amides is 1. The number of nitrogens with two attached hydrogens (primary N) is 1. The second kappa shape index (κ2) is 7.37. The lowest BCUT2D eigenvalue weighted by molar-refractivity contribution is 0.0938. The number of hydrogen-bond donors (Lipinski definition) is 2. The highest BCUT2D eigenvalue weighted by Crippen LogP contribution is 2.22. The highest BCUT2D eigenvalue weighted by Gasteiger charge is 2.14. The summed E-state index contributed by atoms with van der Waals surface area (Å²) in [5.41, 5.74) is 5.84. The van der Waals surface area contributed by atoms with Crippen molar-refractivity contribution < 1.29 is 9.53 Å². The molecule has 0 aliphatic heterocycles. The molecule has 0 heterocycles. The average Bonchev–Trinajstić information content (AvgIpc) is 2.28. The van der Waals surface area contributed by atoms with Crippen molar-refractivity contribution in [3.63, 3.8) is 0 Å². The molecule has 1 amide bonds. The summed E-state index contributed by atoms with van der Waals surface area (Å²) in [6, 6.07) is 4.81. The molecule has 0 aliphatic carbocycles. The molecule has 6 heteroatoms. The second-order valence-corrected chi connectivity index (χ2v) is 3.89. The number of carbonyl (C=O) groups is 1. The summed E-state index contributed by atoms with van der Waals surface area (Å²) in [4.78, 5) is 11.8. The normalized spacial score (nSPS) is 11.3. The summed E-state index contributed by atoms with van der Waals surface area (Å²) in [7, 11) is 1.51. The van der Waals surface area contributed by atoms with Crippen molar-refractivity contribution in [1.29, 1.82) is 0 Å². The first kappa shape index (κ1) is 16.0. The molecule has 0 saturated heterocycles. The molecule has 1 rings (SSSR count). The Labute approximate surface area is 112 Å². The Kier molecular flexibility index (Phi) is 6.95. The van der Waals surface area contributed by atoms with Gasteiger partial charge in [0, 0.05) is 17.6 Å². The summed E-state index contributed by atoms with van der Waals surface area (Å²) in [5, 5.41) is 3.24. The van der Waals surface area contributed by atoms with E-state index in [-0.39, 0.29) is 24.4 Å². The van der Waals surface area contributed by atoms with Gasteiger partial charge in [-0.1, -0.05) is 11.6 Å². The maximum atomic E-state index is 11.8. The smallest absolute Gasteiger partial charge is 0.255 e. The Morgan fingerprint density at radius 2 is 2.24 bits per heavy atom. The number of ether oxygens (including phenoxy) is 1. The van der Waals surface area contributed by atoms with Gasteiger partial charge >= 0.3 is 0 Å². The molecule has 4 nitrogen and oxygen atoms in total. The van der Waals surface area contributed by atoms with Crippen LogP contribution in [0.2, 0.25) is 5.02 Å². The van der Waals surface area contributed by atoms with Crippen LogP contribution in [-0.4, -0.2) is 25.6 Å². The lowest BCUT2D eigenvalue weighted by Gasteiger charge is -2.13. The van der Waals surface area contributed by atoms with Gasteiger partial charge in [0.05, 0.1) is 12.7 Å². The molecule has 0 bridgehead atoms. The summed E-state index contributed by atoms with van der Waals surface area (Å²) >= 11 is 5.83. The molecule has 96 valence electrons. The minimum absolute atomic E-state index is 0. The minimum atomic E-state index is -0.239. The predicted octanol–water partition coefficient (Wildman–Crippen LogP) is 1.85. The molecule has 1 atom stereocenters. The van der Waals surface area contributed by atoms with Crippen LogP contribution in [0.3, 0.4) is 0 Å². The van der Waals surface area contributed by atoms with E-state index in [1.807, 2.05) is 6.92 Å². The van der Waals surface area contributed by atoms with Gasteiger partial charge in [-0.3, -0.25) is 4.79 Å². The number of nitrogens with one attached hydrogen (secondary N) is 1. The van der Waals surface area contributed by atoms with Crippen LogP contribution in [0.4, 0.5) is 0 Å². The molecule has 0 radical (unpaired) electrons. The van der Waals surface area contributed by atoms with Crippen LogP contribution in [0.1, 0.15) is 17.3 Å². The van der Waals surface area contributed by atoms with E-state index in [9.17, 15) is 4.79 Å². The number of halogens is 2. The molecule has 1 aromatic carbocycles. The van der Waals surface area contributed by atoms with E-state index >= 15 is 0 Å². The Balaban J connectivity index is 0.00000256. The first-order valence-electron chi connectivity index (χ1n) is 4.93. The van der Waals surface area contributed by atoms with Gasteiger partial charge in [-0.2, -0.15) is 0 Å². The fourth-order valence-corrected chi connectivity index (χ4v) is 1.39. The predicted molar refractivity (Wildman–Crippen MR) is 71.2 cm³/mol. The van der Waals surface area contributed by atoms with Crippen LogP contribution < -0.4 is 15.8 Å². The van der Waals surface area contributed by atoms with Crippen LogP contribution >= 0.6 is 24.0 Å². The average molecular weight is 279 g/mol. The molecule has 0 aromatic heterocycles. The van der Waals surface area contributed by atoms with E-state index in [4.69, 9.17) is 22.1 Å². The van der Waals surface area contributed by atoms with Gasteiger partial charge in [0.1, 0.15) is 5.75 Å². The largest absolute Gasteiger partial charge is 0.496 e. The highest BCUT2D eigenvalue weighted by molar-refractivity contribution is 6.31. The summed E-state index contributed by atoms with van der Waals surface area (Å²) < 4.78 is 5.09. The van der Waals surface area contributed by atoms with E-state index in [1.54, 1.807) is 18.2 Å². The summed E-state index contributed by atoms with van der Waals surface area (Å²) in [5.74, 6) is 0.253. The zero-order valence-electron chi connectivity index (χ0n) is 9.70. The van der Waals surface area contributed by atoms with Crippen molar-refractivity contribution >= 4 is 29.9 Å². The van der Waals surface area contributed by atoms with Crippen molar-refractivity contribution in [3.05, 3.63) is 28.8 Å². The van der Waals surface area contributed by atoms with E-state index < -0.39 is 0 Å². The van der Waals surface area contributed by atoms with Crippen LogP contribution in [0, 0.1) is 0 Å². The fourth-order valence-electron chi connectivity index (χ4n) is 1.22.